The van der Waals surface area contributed by atoms with Crippen molar-refractivity contribution in [2.75, 3.05) is 54.6 Å². The molecule has 1 amide bonds. The molecule has 0 saturated carbocycles. The fraction of sp³-hybridized carbons (Fsp3) is 0.636. The Kier molecular flexibility index (Phi) is 9.57. The third-order valence-electron chi connectivity index (χ3n) is 5.44. The van der Waals surface area contributed by atoms with Crippen LogP contribution in [0.25, 0.3) is 0 Å². The third kappa shape index (κ3) is 6.43. The van der Waals surface area contributed by atoms with Gasteiger partial charge in [0.05, 0.1) is 21.3 Å². The summed E-state index contributed by atoms with van der Waals surface area (Å²) in [6.07, 6.45) is 3.30. The number of guanidine groups is 1. The van der Waals surface area contributed by atoms with E-state index in [9.17, 15) is 4.79 Å². The second-order valence-electron chi connectivity index (χ2n) is 7.30. The molecule has 0 spiro atoms. The Morgan fingerprint density at radius 3 is 2.27 bits per heavy atom. The topological polar surface area (TPSA) is 84.4 Å². The van der Waals surface area contributed by atoms with E-state index in [-0.39, 0.29) is 5.91 Å². The van der Waals surface area contributed by atoms with Gasteiger partial charge in [0.15, 0.2) is 5.96 Å². The van der Waals surface area contributed by atoms with Crippen molar-refractivity contribution in [2.24, 2.45) is 10.9 Å². The predicted molar refractivity (Wildman–Crippen MR) is 119 cm³/mol. The van der Waals surface area contributed by atoms with E-state index in [1.54, 1.807) is 28.4 Å². The maximum absolute atomic E-state index is 11.6. The largest absolute Gasteiger partial charge is 0.496 e. The van der Waals surface area contributed by atoms with Gasteiger partial charge in [-0.15, -0.1) is 0 Å². The summed E-state index contributed by atoms with van der Waals surface area (Å²) in [4.78, 5) is 18.8. The van der Waals surface area contributed by atoms with Gasteiger partial charge in [-0.3, -0.25) is 9.79 Å². The predicted octanol–water partition coefficient (Wildman–Crippen LogP) is 2.07. The lowest BCUT2D eigenvalue weighted by molar-refractivity contribution is -0.121. The molecule has 8 heteroatoms. The molecule has 0 aliphatic carbocycles. The van der Waals surface area contributed by atoms with Crippen molar-refractivity contribution >= 4 is 11.9 Å². The summed E-state index contributed by atoms with van der Waals surface area (Å²) < 4.78 is 16.4. The van der Waals surface area contributed by atoms with Crippen LogP contribution in [-0.4, -0.2) is 71.3 Å². The quantitative estimate of drug-likeness (QED) is 0.470. The number of nitrogens with zero attached hydrogens (tertiary/aromatic N) is 2. The van der Waals surface area contributed by atoms with Crippen molar-refractivity contribution in [1.29, 1.82) is 0 Å². The number of likely N-dealkylation sites (tertiary alicyclic amines) is 1. The van der Waals surface area contributed by atoms with Crippen molar-refractivity contribution in [3.8, 4) is 17.2 Å². The molecule has 0 bridgehead atoms. The van der Waals surface area contributed by atoms with Crippen LogP contribution in [0.3, 0.4) is 0 Å². The van der Waals surface area contributed by atoms with Crippen molar-refractivity contribution in [3.63, 3.8) is 0 Å². The highest BCUT2D eigenvalue weighted by atomic mass is 16.5. The van der Waals surface area contributed by atoms with Gasteiger partial charge in [0.2, 0.25) is 5.91 Å². The van der Waals surface area contributed by atoms with Crippen LogP contribution in [0.15, 0.2) is 17.1 Å². The highest BCUT2D eigenvalue weighted by Crippen LogP contribution is 2.34. The van der Waals surface area contributed by atoms with Gasteiger partial charge < -0.3 is 29.7 Å². The highest BCUT2D eigenvalue weighted by molar-refractivity contribution is 5.80. The van der Waals surface area contributed by atoms with Crippen LogP contribution in [0.5, 0.6) is 17.2 Å². The van der Waals surface area contributed by atoms with E-state index in [0.29, 0.717) is 31.1 Å². The number of hydrogen-bond acceptors (Lipinski definition) is 5. The second kappa shape index (κ2) is 12.1. The van der Waals surface area contributed by atoms with Crippen molar-refractivity contribution < 1.29 is 19.0 Å². The molecule has 1 aromatic carbocycles. The van der Waals surface area contributed by atoms with Crippen LogP contribution in [-0.2, 0) is 11.2 Å². The van der Waals surface area contributed by atoms with Crippen molar-refractivity contribution in [1.82, 2.24) is 15.5 Å². The summed E-state index contributed by atoms with van der Waals surface area (Å²) >= 11 is 0. The number of carbonyl (C=O) groups is 1. The lowest BCUT2D eigenvalue weighted by atomic mass is 9.93. The molecule has 0 radical (unpaired) electrons. The van der Waals surface area contributed by atoms with Crippen LogP contribution in [0.2, 0.25) is 0 Å². The molecule has 8 nitrogen and oxygen atoms in total. The van der Waals surface area contributed by atoms with Gasteiger partial charge in [-0.1, -0.05) is 0 Å². The number of methoxy groups -OCH3 is 3. The molecule has 1 heterocycles. The molecule has 1 saturated heterocycles. The fourth-order valence-electron chi connectivity index (χ4n) is 3.74. The molecule has 1 aliphatic rings. The maximum atomic E-state index is 11.6. The third-order valence-corrected chi connectivity index (χ3v) is 5.44. The van der Waals surface area contributed by atoms with Gasteiger partial charge >= 0.3 is 0 Å². The Morgan fingerprint density at radius 1 is 1.13 bits per heavy atom. The number of amides is 1. The van der Waals surface area contributed by atoms with E-state index in [1.165, 1.54) is 0 Å². The second-order valence-corrected chi connectivity index (χ2v) is 7.30. The average Bonchev–Trinajstić information content (AvgIpc) is 2.78. The van der Waals surface area contributed by atoms with E-state index < -0.39 is 0 Å². The molecular formula is C22H36N4O4. The zero-order valence-corrected chi connectivity index (χ0v) is 18.9. The van der Waals surface area contributed by atoms with Crippen LogP contribution in [0.4, 0.5) is 0 Å². The van der Waals surface area contributed by atoms with Gasteiger partial charge in [0, 0.05) is 57.3 Å². The monoisotopic (exact) mass is 420 g/mol. The Bertz CT molecular complexity index is 690. The summed E-state index contributed by atoms with van der Waals surface area (Å²) in [5, 5.41) is 6.11. The van der Waals surface area contributed by atoms with Gasteiger partial charge in [-0.05, 0) is 32.1 Å². The van der Waals surface area contributed by atoms with Crippen LogP contribution in [0, 0.1) is 5.92 Å². The number of aliphatic imine (C=N–C) groups is 1. The summed E-state index contributed by atoms with van der Waals surface area (Å²) in [5.74, 6) is 3.65. The molecule has 1 aromatic rings. The molecular weight excluding hydrogens is 384 g/mol. The Labute approximate surface area is 180 Å². The molecule has 0 atom stereocenters. The molecule has 1 aliphatic heterocycles. The van der Waals surface area contributed by atoms with E-state index >= 15 is 0 Å². The minimum absolute atomic E-state index is 0.122. The first-order valence-corrected chi connectivity index (χ1v) is 10.6. The summed E-state index contributed by atoms with van der Waals surface area (Å²) in [6.45, 7) is 5.31. The number of ether oxygens (including phenoxy) is 3. The van der Waals surface area contributed by atoms with Crippen LogP contribution in [0.1, 0.15) is 31.7 Å². The van der Waals surface area contributed by atoms with Gasteiger partial charge in [-0.2, -0.15) is 0 Å². The van der Waals surface area contributed by atoms with Gasteiger partial charge in [0.1, 0.15) is 17.2 Å². The average molecular weight is 421 g/mol. The SMILES string of the molecule is CCNC(=NCCc1c(OC)cc(OC)cc1OC)N1CCC(CC(=O)NC)CC1. The van der Waals surface area contributed by atoms with E-state index in [0.717, 1.165) is 55.5 Å². The first kappa shape index (κ1) is 23.6. The number of carbonyl (C=O) groups excluding carboxylic acids is 1. The zero-order valence-electron chi connectivity index (χ0n) is 18.9. The summed E-state index contributed by atoms with van der Waals surface area (Å²) in [6, 6.07) is 3.73. The standard InChI is InChI=1S/C22H36N4O4/c1-6-24-22(26-11-8-16(9-12-26)13-21(27)23-2)25-10-7-18-19(29-4)14-17(28-3)15-20(18)30-5/h14-16H,6-13H2,1-5H3,(H,23,27)(H,24,25). The molecule has 2 N–H and O–H groups in total. The zero-order chi connectivity index (χ0) is 21.9. The number of nitrogens with one attached hydrogen (secondary N) is 2. The highest BCUT2D eigenvalue weighted by Gasteiger charge is 2.23. The molecule has 30 heavy (non-hydrogen) atoms. The van der Waals surface area contributed by atoms with Crippen molar-refractivity contribution in [3.05, 3.63) is 17.7 Å². The summed E-state index contributed by atoms with van der Waals surface area (Å²) in [5.41, 5.74) is 0.977. The van der Waals surface area contributed by atoms with Crippen molar-refractivity contribution in [2.45, 2.75) is 32.6 Å². The first-order valence-electron chi connectivity index (χ1n) is 10.6. The van der Waals surface area contributed by atoms with Crippen LogP contribution >= 0.6 is 0 Å². The fourth-order valence-corrected chi connectivity index (χ4v) is 3.74. The minimum atomic E-state index is 0.122. The smallest absolute Gasteiger partial charge is 0.220 e. The lowest BCUT2D eigenvalue weighted by Gasteiger charge is -2.34. The number of hydrogen-bond donors (Lipinski definition) is 2. The molecule has 168 valence electrons. The number of rotatable bonds is 9. The Balaban J connectivity index is 2.03. The maximum Gasteiger partial charge on any atom is 0.220 e. The number of piperidine rings is 1. The van der Waals surface area contributed by atoms with Gasteiger partial charge in [-0.25, -0.2) is 0 Å². The number of benzene rings is 1. The van der Waals surface area contributed by atoms with Crippen LogP contribution < -0.4 is 24.8 Å². The van der Waals surface area contributed by atoms with E-state index in [2.05, 4.69) is 22.5 Å². The lowest BCUT2D eigenvalue weighted by Crippen LogP contribution is -2.46. The Morgan fingerprint density at radius 2 is 1.77 bits per heavy atom. The first-order chi connectivity index (χ1) is 14.6. The van der Waals surface area contributed by atoms with E-state index in [1.807, 2.05) is 12.1 Å². The molecule has 1 fully saturated rings. The molecule has 0 aromatic heterocycles. The van der Waals surface area contributed by atoms with E-state index in [4.69, 9.17) is 19.2 Å². The van der Waals surface area contributed by atoms with Gasteiger partial charge in [0.25, 0.3) is 0 Å². The molecule has 2 rings (SSSR count). The Hall–Kier alpha value is -2.64. The summed E-state index contributed by atoms with van der Waals surface area (Å²) in [7, 11) is 6.61. The molecule has 0 unspecified atom stereocenters. The minimum Gasteiger partial charge on any atom is -0.496 e. The normalized spacial score (nSPS) is 15.0.